The highest BCUT2D eigenvalue weighted by atomic mass is 15.0. The summed E-state index contributed by atoms with van der Waals surface area (Å²) in [5.41, 5.74) is 15.7. The van der Waals surface area contributed by atoms with Crippen LogP contribution in [0.25, 0.3) is 121 Å². The Balaban J connectivity index is 1.02. The molecule has 3 heterocycles. The summed E-state index contributed by atoms with van der Waals surface area (Å²) in [5.74, 6) is 0. The Morgan fingerprint density at radius 1 is 0.250 bits per heavy atom. The van der Waals surface area contributed by atoms with Gasteiger partial charge in [0.2, 0.25) is 0 Å². The fraction of sp³-hybridized carbons (Fsp3) is 0. The topological polar surface area (TPSA) is 22.8 Å². The molecule has 13 rings (SSSR count). The highest BCUT2D eigenvalue weighted by Crippen LogP contribution is 2.41. The van der Waals surface area contributed by atoms with Crippen molar-refractivity contribution in [3.63, 3.8) is 0 Å². The molecule has 13 aromatic rings. The normalized spacial score (nSPS) is 11.8. The molecule has 0 unspecified atom stereocenters. The SMILES string of the molecule is c1ccc(-c2ccc(-n3c4ccccc4c4cc5c6ccccc6n(-c6cccc(-c7cc(-c8cccc9ccccc89)cc(-c8cccc9ccccc89)n7)c6)c5cc43)cc2)cc1. The van der Waals surface area contributed by atoms with Gasteiger partial charge in [0, 0.05) is 44.0 Å². The lowest BCUT2D eigenvalue weighted by molar-refractivity contribution is 1.16. The van der Waals surface area contributed by atoms with Crippen LogP contribution < -0.4 is 0 Å². The summed E-state index contributed by atoms with van der Waals surface area (Å²) in [7, 11) is 0. The van der Waals surface area contributed by atoms with Crippen LogP contribution in [0.3, 0.4) is 0 Å². The number of benzene rings is 10. The lowest BCUT2D eigenvalue weighted by Crippen LogP contribution is -1.97. The first-order chi connectivity index (χ1) is 31.7. The molecule has 0 aliphatic carbocycles. The molecule has 10 aromatic carbocycles. The number of hydrogen-bond acceptors (Lipinski definition) is 1. The molecule has 0 bridgehead atoms. The van der Waals surface area contributed by atoms with Gasteiger partial charge >= 0.3 is 0 Å². The largest absolute Gasteiger partial charge is 0.309 e. The van der Waals surface area contributed by atoms with Gasteiger partial charge in [-0.25, -0.2) is 4.98 Å². The van der Waals surface area contributed by atoms with Gasteiger partial charge in [-0.05, 0) is 104 Å². The minimum Gasteiger partial charge on any atom is -0.309 e. The van der Waals surface area contributed by atoms with E-state index >= 15 is 0 Å². The van der Waals surface area contributed by atoms with Gasteiger partial charge < -0.3 is 9.13 Å². The molecule has 0 saturated heterocycles. The summed E-state index contributed by atoms with van der Waals surface area (Å²) in [5, 5.41) is 9.76. The van der Waals surface area contributed by atoms with Gasteiger partial charge in [-0.3, -0.25) is 0 Å². The van der Waals surface area contributed by atoms with Crippen molar-refractivity contribution in [3.8, 4) is 56.1 Å². The number of hydrogen-bond donors (Lipinski definition) is 0. The summed E-state index contributed by atoms with van der Waals surface area (Å²) in [6, 6.07) is 85.8. The van der Waals surface area contributed by atoms with E-state index in [9.17, 15) is 0 Å². The van der Waals surface area contributed by atoms with E-state index in [1.165, 1.54) is 76.3 Å². The highest BCUT2D eigenvalue weighted by Gasteiger charge is 2.20. The standard InChI is InChI=1S/C61H39N3/c1-2-15-40(16-3-1)41-31-33-46(34-32-41)63-58-29-10-8-25-52(58)54-38-55-53-26-9-11-30-59(53)64(61(55)39-60(54)63)47-22-12-21-44(35-47)56-36-45(50-27-13-19-42-17-4-6-23-48(42)50)37-57(62-56)51-28-14-20-43-18-5-7-24-49(43)51/h1-39H. The van der Waals surface area contributed by atoms with E-state index in [-0.39, 0.29) is 0 Å². The predicted molar refractivity (Wildman–Crippen MR) is 270 cm³/mol. The molecule has 0 saturated carbocycles. The van der Waals surface area contributed by atoms with Crippen LogP contribution in [0.1, 0.15) is 0 Å². The molecule has 0 N–H and O–H groups in total. The van der Waals surface area contributed by atoms with Gasteiger partial charge in [-0.15, -0.1) is 0 Å². The molecule has 0 aliphatic rings. The summed E-state index contributed by atoms with van der Waals surface area (Å²) in [4.78, 5) is 5.50. The Kier molecular flexibility index (Phi) is 8.22. The van der Waals surface area contributed by atoms with E-state index in [0.717, 1.165) is 45.0 Å². The second kappa shape index (κ2) is 14.5. The average molecular weight is 814 g/mol. The average Bonchev–Trinajstić information content (AvgIpc) is 3.87. The van der Waals surface area contributed by atoms with E-state index in [4.69, 9.17) is 4.98 Å². The number of pyridine rings is 1. The maximum Gasteiger partial charge on any atom is 0.0721 e. The zero-order valence-electron chi connectivity index (χ0n) is 34.9. The van der Waals surface area contributed by atoms with Crippen molar-refractivity contribution in [2.24, 2.45) is 0 Å². The molecule has 0 amide bonds. The van der Waals surface area contributed by atoms with Gasteiger partial charge in [0.15, 0.2) is 0 Å². The van der Waals surface area contributed by atoms with Crippen LogP contribution in [0.4, 0.5) is 0 Å². The minimum atomic E-state index is 0.928. The summed E-state index contributed by atoms with van der Waals surface area (Å²) in [6.07, 6.45) is 0. The van der Waals surface area contributed by atoms with E-state index < -0.39 is 0 Å². The molecule has 0 radical (unpaired) electrons. The third kappa shape index (κ3) is 5.79. The molecule has 0 fully saturated rings. The lowest BCUT2D eigenvalue weighted by Gasteiger charge is -2.15. The van der Waals surface area contributed by atoms with Gasteiger partial charge in [-0.1, -0.05) is 176 Å². The number of rotatable bonds is 6. The zero-order chi connectivity index (χ0) is 42.1. The van der Waals surface area contributed by atoms with Crippen LogP contribution >= 0.6 is 0 Å². The van der Waals surface area contributed by atoms with E-state index in [1.54, 1.807) is 0 Å². The van der Waals surface area contributed by atoms with Crippen molar-refractivity contribution in [2.75, 3.05) is 0 Å². The first-order valence-corrected chi connectivity index (χ1v) is 21.9. The van der Waals surface area contributed by atoms with E-state index in [0.29, 0.717) is 0 Å². The van der Waals surface area contributed by atoms with Gasteiger partial charge in [0.25, 0.3) is 0 Å². The monoisotopic (exact) mass is 813 g/mol. The summed E-state index contributed by atoms with van der Waals surface area (Å²) < 4.78 is 4.86. The van der Waals surface area contributed by atoms with Crippen LogP contribution in [-0.2, 0) is 0 Å². The van der Waals surface area contributed by atoms with E-state index in [2.05, 4.69) is 246 Å². The maximum atomic E-state index is 5.50. The van der Waals surface area contributed by atoms with Crippen molar-refractivity contribution in [3.05, 3.63) is 237 Å². The number of aromatic nitrogens is 3. The van der Waals surface area contributed by atoms with Crippen molar-refractivity contribution in [1.82, 2.24) is 14.1 Å². The molecule has 0 atom stereocenters. The Morgan fingerprint density at radius 2 is 0.750 bits per heavy atom. The Morgan fingerprint density at radius 3 is 1.44 bits per heavy atom. The minimum absolute atomic E-state index is 0.928. The third-order valence-corrected chi connectivity index (χ3v) is 13.1. The molecule has 3 heteroatoms. The Bertz CT molecular complexity index is 3840. The van der Waals surface area contributed by atoms with Crippen molar-refractivity contribution in [1.29, 1.82) is 0 Å². The smallest absolute Gasteiger partial charge is 0.0721 e. The van der Waals surface area contributed by atoms with Crippen LogP contribution in [0.5, 0.6) is 0 Å². The van der Waals surface area contributed by atoms with Crippen molar-refractivity contribution >= 4 is 65.2 Å². The van der Waals surface area contributed by atoms with Gasteiger partial charge in [-0.2, -0.15) is 0 Å². The summed E-state index contributed by atoms with van der Waals surface area (Å²) >= 11 is 0. The number of para-hydroxylation sites is 2. The Labute approximate surface area is 370 Å². The lowest BCUT2D eigenvalue weighted by atomic mass is 9.94. The van der Waals surface area contributed by atoms with Crippen molar-refractivity contribution < 1.29 is 0 Å². The van der Waals surface area contributed by atoms with Crippen LogP contribution in [0.2, 0.25) is 0 Å². The number of nitrogens with zero attached hydrogens (tertiary/aromatic N) is 3. The van der Waals surface area contributed by atoms with Gasteiger partial charge in [0.1, 0.15) is 0 Å². The molecule has 64 heavy (non-hydrogen) atoms. The fourth-order valence-electron chi connectivity index (χ4n) is 10.1. The maximum absolute atomic E-state index is 5.50. The van der Waals surface area contributed by atoms with Crippen LogP contribution in [-0.4, -0.2) is 14.1 Å². The first kappa shape index (κ1) is 36.2. The quantitative estimate of drug-likeness (QED) is 0.164. The van der Waals surface area contributed by atoms with Crippen LogP contribution in [0.15, 0.2) is 237 Å². The second-order valence-electron chi connectivity index (χ2n) is 16.7. The second-order valence-corrected chi connectivity index (χ2v) is 16.7. The molecular weight excluding hydrogens is 775 g/mol. The van der Waals surface area contributed by atoms with Crippen molar-refractivity contribution in [2.45, 2.75) is 0 Å². The molecule has 3 nitrogen and oxygen atoms in total. The molecule has 298 valence electrons. The predicted octanol–water partition coefficient (Wildman–Crippen LogP) is 16.3. The van der Waals surface area contributed by atoms with Gasteiger partial charge in [0.05, 0.1) is 33.5 Å². The molecule has 0 aliphatic heterocycles. The Hall–Kier alpha value is -8.53. The highest BCUT2D eigenvalue weighted by molar-refractivity contribution is 6.19. The fourth-order valence-corrected chi connectivity index (χ4v) is 10.1. The molecular formula is C61H39N3. The van der Waals surface area contributed by atoms with E-state index in [1.807, 2.05) is 0 Å². The van der Waals surface area contributed by atoms with Crippen LogP contribution in [0, 0.1) is 0 Å². The zero-order valence-corrected chi connectivity index (χ0v) is 34.9. The first-order valence-electron chi connectivity index (χ1n) is 21.9. The molecule has 3 aromatic heterocycles. The molecule has 0 spiro atoms. The third-order valence-electron chi connectivity index (χ3n) is 13.1. The summed E-state index contributed by atoms with van der Waals surface area (Å²) in [6.45, 7) is 0. The number of fused-ring (bicyclic) bond motifs is 8.